The van der Waals surface area contributed by atoms with Gasteiger partial charge in [-0.3, -0.25) is 4.79 Å². The number of hydrogen-bond donors (Lipinski definition) is 1. The number of hydrogen-bond acceptors (Lipinski definition) is 3. The first-order chi connectivity index (χ1) is 6.38. The molecule has 1 aliphatic heterocycles. The molecule has 82 valence electrons. The van der Waals surface area contributed by atoms with E-state index >= 15 is 0 Å². The van der Waals surface area contributed by atoms with Crippen LogP contribution in [0.25, 0.3) is 0 Å². The van der Waals surface area contributed by atoms with E-state index in [9.17, 15) is 4.79 Å². The maximum atomic E-state index is 11.7. The fourth-order valence-electron chi connectivity index (χ4n) is 1.70. The zero-order valence-electron chi connectivity index (χ0n) is 9.59. The third kappa shape index (κ3) is 3.66. The summed E-state index contributed by atoms with van der Waals surface area (Å²) in [5, 5.41) is 3.26. The van der Waals surface area contributed by atoms with E-state index in [1.807, 2.05) is 20.8 Å². The molecule has 0 saturated carbocycles. The van der Waals surface area contributed by atoms with Crippen LogP contribution in [-0.4, -0.2) is 23.7 Å². The van der Waals surface area contributed by atoms with Crippen molar-refractivity contribution in [2.75, 3.05) is 0 Å². The Morgan fingerprint density at radius 1 is 1.36 bits per heavy atom. The molecule has 1 fully saturated rings. The number of ether oxygens (including phenoxy) is 1. The van der Waals surface area contributed by atoms with Gasteiger partial charge >= 0.3 is 5.97 Å². The van der Waals surface area contributed by atoms with E-state index in [0.717, 1.165) is 19.3 Å². The Morgan fingerprint density at radius 2 is 2.00 bits per heavy atom. The predicted molar refractivity (Wildman–Crippen MR) is 56.1 cm³/mol. The van der Waals surface area contributed by atoms with Crippen molar-refractivity contribution in [3.63, 3.8) is 0 Å². The van der Waals surface area contributed by atoms with Gasteiger partial charge < -0.3 is 10.1 Å². The Bertz CT molecular complexity index is 208. The first kappa shape index (κ1) is 11.5. The molecule has 0 aromatic carbocycles. The van der Waals surface area contributed by atoms with E-state index in [1.165, 1.54) is 0 Å². The third-order valence-corrected chi connectivity index (χ3v) is 2.31. The summed E-state index contributed by atoms with van der Waals surface area (Å²) in [4.78, 5) is 11.7. The van der Waals surface area contributed by atoms with Crippen LogP contribution in [0.3, 0.4) is 0 Å². The molecular formula is C11H21NO2. The first-order valence-corrected chi connectivity index (χ1v) is 5.37. The molecule has 1 saturated heterocycles. The van der Waals surface area contributed by atoms with E-state index in [1.54, 1.807) is 0 Å². The van der Waals surface area contributed by atoms with Gasteiger partial charge in [0.1, 0.15) is 11.6 Å². The van der Waals surface area contributed by atoms with Gasteiger partial charge in [-0.2, -0.15) is 0 Å². The largest absolute Gasteiger partial charge is 0.459 e. The van der Waals surface area contributed by atoms with Crippen molar-refractivity contribution in [1.82, 2.24) is 5.32 Å². The second kappa shape index (κ2) is 4.30. The minimum atomic E-state index is -0.376. The lowest BCUT2D eigenvalue weighted by Crippen LogP contribution is -2.47. The quantitative estimate of drug-likeness (QED) is 0.655. The molecule has 1 rings (SSSR count). The van der Waals surface area contributed by atoms with Gasteiger partial charge in [0.15, 0.2) is 0 Å². The van der Waals surface area contributed by atoms with Crippen LogP contribution >= 0.6 is 0 Å². The minimum absolute atomic E-state index is 0.0991. The number of nitrogens with one attached hydrogen (secondary N) is 1. The highest BCUT2D eigenvalue weighted by Gasteiger charge is 2.28. The number of piperidine rings is 1. The molecule has 0 aromatic heterocycles. The third-order valence-electron chi connectivity index (χ3n) is 2.31. The fraction of sp³-hybridized carbons (Fsp3) is 0.909. The number of carbonyl (C=O) groups is 1. The van der Waals surface area contributed by atoms with Gasteiger partial charge in [-0.1, -0.05) is 0 Å². The van der Waals surface area contributed by atoms with Gasteiger partial charge in [0, 0.05) is 6.04 Å². The zero-order valence-corrected chi connectivity index (χ0v) is 9.59. The molecule has 1 aliphatic rings. The van der Waals surface area contributed by atoms with Gasteiger partial charge in [-0.15, -0.1) is 0 Å². The summed E-state index contributed by atoms with van der Waals surface area (Å²) < 4.78 is 5.32. The molecule has 14 heavy (non-hydrogen) atoms. The summed E-state index contributed by atoms with van der Waals surface area (Å²) in [5.74, 6) is -0.107. The van der Waals surface area contributed by atoms with Crippen LogP contribution in [0.5, 0.6) is 0 Å². The highest BCUT2D eigenvalue weighted by Crippen LogP contribution is 2.16. The van der Waals surface area contributed by atoms with Crippen LogP contribution in [-0.2, 0) is 9.53 Å². The molecule has 0 amide bonds. The highest BCUT2D eigenvalue weighted by atomic mass is 16.6. The van der Waals surface area contributed by atoms with E-state index in [-0.39, 0.29) is 17.6 Å². The average Bonchev–Trinajstić information content (AvgIpc) is 2.01. The topological polar surface area (TPSA) is 38.3 Å². The van der Waals surface area contributed by atoms with Crippen LogP contribution in [0.4, 0.5) is 0 Å². The SMILES string of the molecule is C[C@@H]1CCC[C@H](C(=O)OC(C)(C)C)N1. The minimum Gasteiger partial charge on any atom is -0.459 e. The summed E-state index contributed by atoms with van der Waals surface area (Å²) in [6, 6.07) is 0.333. The van der Waals surface area contributed by atoms with Crippen molar-refractivity contribution < 1.29 is 9.53 Å². The predicted octanol–water partition coefficient (Wildman–Crippen LogP) is 1.86. The van der Waals surface area contributed by atoms with Gasteiger partial charge in [0.25, 0.3) is 0 Å². The molecule has 0 radical (unpaired) electrons. The van der Waals surface area contributed by atoms with Crippen molar-refractivity contribution in [2.24, 2.45) is 0 Å². The van der Waals surface area contributed by atoms with Crippen molar-refractivity contribution in [1.29, 1.82) is 0 Å². The summed E-state index contributed by atoms with van der Waals surface area (Å²) in [7, 11) is 0. The first-order valence-electron chi connectivity index (χ1n) is 5.37. The molecule has 1 heterocycles. The van der Waals surface area contributed by atoms with Gasteiger partial charge in [-0.05, 0) is 47.0 Å². The van der Waals surface area contributed by atoms with E-state index in [0.29, 0.717) is 6.04 Å². The van der Waals surface area contributed by atoms with Crippen molar-refractivity contribution in [3.8, 4) is 0 Å². The maximum Gasteiger partial charge on any atom is 0.323 e. The van der Waals surface area contributed by atoms with Crippen LogP contribution in [0.15, 0.2) is 0 Å². The monoisotopic (exact) mass is 199 g/mol. The summed E-state index contributed by atoms with van der Waals surface area (Å²) >= 11 is 0. The van der Waals surface area contributed by atoms with Crippen LogP contribution in [0, 0.1) is 0 Å². The molecule has 0 unspecified atom stereocenters. The van der Waals surface area contributed by atoms with Crippen LogP contribution < -0.4 is 5.32 Å². The number of carbonyl (C=O) groups excluding carboxylic acids is 1. The molecule has 1 N–H and O–H groups in total. The normalized spacial score (nSPS) is 28.6. The molecule has 0 spiro atoms. The Hall–Kier alpha value is -0.570. The highest BCUT2D eigenvalue weighted by molar-refractivity contribution is 5.76. The summed E-state index contributed by atoms with van der Waals surface area (Å²) in [5.41, 5.74) is -0.376. The Labute approximate surface area is 86.2 Å². The molecule has 2 atom stereocenters. The van der Waals surface area contributed by atoms with Crippen LogP contribution in [0.1, 0.15) is 47.0 Å². The Balaban J connectivity index is 2.44. The van der Waals surface area contributed by atoms with Gasteiger partial charge in [0.2, 0.25) is 0 Å². The average molecular weight is 199 g/mol. The molecular weight excluding hydrogens is 178 g/mol. The number of esters is 1. The molecule has 3 heteroatoms. The lowest BCUT2D eigenvalue weighted by atomic mass is 9.99. The molecule has 3 nitrogen and oxygen atoms in total. The van der Waals surface area contributed by atoms with E-state index in [4.69, 9.17) is 4.74 Å². The van der Waals surface area contributed by atoms with Crippen LogP contribution in [0.2, 0.25) is 0 Å². The maximum absolute atomic E-state index is 11.7. The number of rotatable bonds is 1. The Kier molecular flexibility index (Phi) is 3.53. The second-order valence-corrected chi connectivity index (χ2v) is 5.08. The fourth-order valence-corrected chi connectivity index (χ4v) is 1.70. The van der Waals surface area contributed by atoms with Crippen molar-refractivity contribution >= 4 is 5.97 Å². The lowest BCUT2D eigenvalue weighted by molar-refractivity contribution is -0.158. The summed E-state index contributed by atoms with van der Waals surface area (Å²) in [6.45, 7) is 7.81. The molecule has 0 aromatic rings. The second-order valence-electron chi connectivity index (χ2n) is 5.08. The van der Waals surface area contributed by atoms with Crippen molar-refractivity contribution in [2.45, 2.75) is 64.6 Å². The molecule has 0 bridgehead atoms. The van der Waals surface area contributed by atoms with Gasteiger partial charge in [-0.25, -0.2) is 0 Å². The summed E-state index contributed by atoms with van der Waals surface area (Å²) in [6.07, 6.45) is 3.16. The lowest BCUT2D eigenvalue weighted by Gasteiger charge is -2.30. The smallest absolute Gasteiger partial charge is 0.323 e. The standard InChI is InChI=1S/C11H21NO2/c1-8-6-5-7-9(12-8)10(13)14-11(2,3)4/h8-9,12H,5-7H2,1-4H3/t8-,9-/m1/s1. The van der Waals surface area contributed by atoms with Crippen molar-refractivity contribution in [3.05, 3.63) is 0 Å². The van der Waals surface area contributed by atoms with E-state index in [2.05, 4.69) is 12.2 Å². The van der Waals surface area contributed by atoms with E-state index < -0.39 is 0 Å². The Morgan fingerprint density at radius 3 is 2.50 bits per heavy atom. The van der Waals surface area contributed by atoms with Gasteiger partial charge in [0.05, 0.1) is 0 Å². The zero-order chi connectivity index (χ0) is 10.8. The molecule has 0 aliphatic carbocycles.